The van der Waals surface area contributed by atoms with Crippen LogP contribution in [-0.2, 0) is 0 Å². The highest BCUT2D eigenvalue weighted by Gasteiger charge is 2.09. The van der Waals surface area contributed by atoms with Crippen molar-refractivity contribution in [3.05, 3.63) is 82.9 Å². The molecule has 110 valence electrons. The molecule has 0 saturated heterocycles. The van der Waals surface area contributed by atoms with E-state index in [2.05, 4.69) is 23.2 Å². The summed E-state index contributed by atoms with van der Waals surface area (Å²) in [5, 5.41) is 13.9. The standard InChI is InChI=1S/C19H12N2O2/c22-21(23)15-9-11-18-14(12-15)8-10-19(20-18)17-7-3-5-13-4-1-2-6-16(13)17/h1-12H. The minimum absolute atomic E-state index is 0.0808. The zero-order valence-electron chi connectivity index (χ0n) is 12.1. The summed E-state index contributed by atoms with van der Waals surface area (Å²) in [5.74, 6) is 0. The Morgan fingerprint density at radius 3 is 2.52 bits per heavy atom. The Morgan fingerprint density at radius 1 is 0.826 bits per heavy atom. The second kappa shape index (κ2) is 5.18. The van der Waals surface area contributed by atoms with Crippen LogP contribution in [0, 0.1) is 10.1 Å². The van der Waals surface area contributed by atoms with Gasteiger partial charge in [-0.15, -0.1) is 0 Å². The largest absolute Gasteiger partial charge is 0.270 e. The lowest BCUT2D eigenvalue weighted by atomic mass is 10.0. The second-order valence-corrected chi connectivity index (χ2v) is 5.36. The highest BCUT2D eigenvalue weighted by atomic mass is 16.6. The van der Waals surface area contributed by atoms with Crippen molar-refractivity contribution in [2.75, 3.05) is 0 Å². The fourth-order valence-corrected chi connectivity index (χ4v) is 2.83. The Bertz CT molecular complexity index is 1050. The maximum Gasteiger partial charge on any atom is 0.270 e. The number of nitro groups is 1. The molecule has 0 spiro atoms. The molecule has 0 aliphatic heterocycles. The number of benzene rings is 3. The van der Waals surface area contributed by atoms with Crippen LogP contribution in [0.4, 0.5) is 5.69 Å². The molecule has 4 heteroatoms. The number of nitro benzene ring substituents is 1. The van der Waals surface area contributed by atoms with Crippen molar-refractivity contribution in [2.45, 2.75) is 0 Å². The third-order valence-electron chi connectivity index (χ3n) is 3.95. The van der Waals surface area contributed by atoms with Gasteiger partial charge in [-0.1, -0.05) is 48.5 Å². The molecule has 0 radical (unpaired) electrons. The maximum atomic E-state index is 10.9. The zero-order chi connectivity index (χ0) is 15.8. The van der Waals surface area contributed by atoms with Gasteiger partial charge >= 0.3 is 0 Å². The van der Waals surface area contributed by atoms with E-state index in [0.717, 1.165) is 32.9 Å². The van der Waals surface area contributed by atoms with Crippen LogP contribution in [0.3, 0.4) is 0 Å². The van der Waals surface area contributed by atoms with Gasteiger partial charge in [-0.2, -0.15) is 0 Å². The third-order valence-corrected chi connectivity index (χ3v) is 3.95. The molecule has 0 saturated carbocycles. The zero-order valence-corrected chi connectivity index (χ0v) is 12.1. The van der Waals surface area contributed by atoms with Gasteiger partial charge in [0.1, 0.15) is 0 Å². The number of hydrogen-bond donors (Lipinski definition) is 0. The van der Waals surface area contributed by atoms with Crippen molar-refractivity contribution >= 4 is 27.4 Å². The maximum absolute atomic E-state index is 10.9. The number of aromatic nitrogens is 1. The molecule has 0 aliphatic rings. The van der Waals surface area contributed by atoms with Gasteiger partial charge in [0.15, 0.2) is 0 Å². The van der Waals surface area contributed by atoms with Crippen LogP contribution >= 0.6 is 0 Å². The molecule has 0 bridgehead atoms. The van der Waals surface area contributed by atoms with E-state index in [0.29, 0.717) is 0 Å². The van der Waals surface area contributed by atoms with Gasteiger partial charge in [-0.05, 0) is 22.9 Å². The van der Waals surface area contributed by atoms with Crippen molar-refractivity contribution in [1.29, 1.82) is 0 Å². The average molecular weight is 300 g/mol. The van der Waals surface area contributed by atoms with Gasteiger partial charge in [0, 0.05) is 23.1 Å². The summed E-state index contributed by atoms with van der Waals surface area (Å²) in [4.78, 5) is 15.1. The van der Waals surface area contributed by atoms with Crippen LogP contribution in [0.25, 0.3) is 32.9 Å². The quantitative estimate of drug-likeness (QED) is 0.388. The normalized spacial score (nSPS) is 11.0. The summed E-state index contributed by atoms with van der Waals surface area (Å²) in [5.41, 5.74) is 2.75. The van der Waals surface area contributed by atoms with Gasteiger partial charge in [0.25, 0.3) is 5.69 Å². The van der Waals surface area contributed by atoms with Crippen molar-refractivity contribution in [3.63, 3.8) is 0 Å². The van der Waals surface area contributed by atoms with Crippen LogP contribution in [0.5, 0.6) is 0 Å². The number of rotatable bonds is 2. The Morgan fingerprint density at radius 2 is 1.65 bits per heavy atom. The van der Waals surface area contributed by atoms with Crippen molar-refractivity contribution < 1.29 is 4.92 Å². The predicted molar refractivity (Wildman–Crippen MR) is 91.3 cm³/mol. The minimum Gasteiger partial charge on any atom is -0.258 e. The van der Waals surface area contributed by atoms with Gasteiger partial charge < -0.3 is 0 Å². The monoisotopic (exact) mass is 300 g/mol. The van der Waals surface area contributed by atoms with Gasteiger partial charge in [0.05, 0.1) is 16.1 Å². The van der Waals surface area contributed by atoms with Crippen LogP contribution in [0.1, 0.15) is 0 Å². The molecule has 0 unspecified atom stereocenters. The molecule has 0 N–H and O–H groups in total. The first-order chi connectivity index (χ1) is 11.2. The molecular formula is C19H12N2O2. The van der Waals surface area contributed by atoms with E-state index in [1.807, 2.05) is 36.4 Å². The topological polar surface area (TPSA) is 56.0 Å². The number of hydrogen-bond acceptors (Lipinski definition) is 3. The van der Waals surface area contributed by atoms with Gasteiger partial charge in [-0.3, -0.25) is 10.1 Å². The van der Waals surface area contributed by atoms with Gasteiger partial charge in [0.2, 0.25) is 0 Å². The summed E-state index contributed by atoms with van der Waals surface area (Å²) in [6, 6.07) is 22.8. The molecule has 0 fully saturated rings. The highest BCUT2D eigenvalue weighted by molar-refractivity contribution is 5.97. The summed E-state index contributed by atoms with van der Waals surface area (Å²) in [7, 11) is 0. The molecule has 4 aromatic rings. The summed E-state index contributed by atoms with van der Waals surface area (Å²) in [6.45, 7) is 0. The highest BCUT2D eigenvalue weighted by Crippen LogP contribution is 2.29. The van der Waals surface area contributed by atoms with E-state index in [-0.39, 0.29) is 5.69 Å². The lowest BCUT2D eigenvalue weighted by Crippen LogP contribution is -1.90. The van der Waals surface area contributed by atoms with E-state index >= 15 is 0 Å². The van der Waals surface area contributed by atoms with E-state index in [1.165, 1.54) is 6.07 Å². The van der Waals surface area contributed by atoms with Gasteiger partial charge in [-0.25, -0.2) is 4.98 Å². The van der Waals surface area contributed by atoms with Crippen molar-refractivity contribution in [3.8, 4) is 11.3 Å². The van der Waals surface area contributed by atoms with Crippen LogP contribution in [-0.4, -0.2) is 9.91 Å². The number of fused-ring (bicyclic) bond motifs is 2. The average Bonchev–Trinajstić information content (AvgIpc) is 2.60. The molecule has 0 atom stereocenters. The number of pyridine rings is 1. The third kappa shape index (κ3) is 2.30. The fourth-order valence-electron chi connectivity index (χ4n) is 2.83. The summed E-state index contributed by atoms with van der Waals surface area (Å²) >= 11 is 0. The first-order valence-electron chi connectivity index (χ1n) is 7.26. The first kappa shape index (κ1) is 13.4. The lowest BCUT2D eigenvalue weighted by molar-refractivity contribution is -0.384. The molecule has 0 amide bonds. The lowest BCUT2D eigenvalue weighted by Gasteiger charge is -2.07. The molecule has 4 rings (SSSR count). The summed E-state index contributed by atoms with van der Waals surface area (Å²) < 4.78 is 0. The number of nitrogens with zero attached hydrogens (tertiary/aromatic N) is 2. The van der Waals surface area contributed by atoms with E-state index in [4.69, 9.17) is 0 Å². The van der Waals surface area contributed by atoms with Crippen LogP contribution in [0.15, 0.2) is 72.8 Å². The molecule has 1 heterocycles. The Hall–Kier alpha value is -3.27. The molecule has 1 aromatic heterocycles. The van der Waals surface area contributed by atoms with E-state index < -0.39 is 4.92 Å². The SMILES string of the molecule is O=[N+]([O-])c1ccc2nc(-c3cccc4ccccc34)ccc2c1. The second-order valence-electron chi connectivity index (χ2n) is 5.36. The Balaban J connectivity index is 1.91. The fraction of sp³-hybridized carbons (Fsp3) is 0. The summed E-state index contributed by atoms with van der Waals surface area (Å²) in [6.07, 6.45) is 0. The Labute approximate surface area is 132 Å². The Kier molecular flexibility index (Phi) is 3.01. The predicted octanol–water partition coefficient (Wildman–Crippen LogP) is 4.96. The van der Waals surface area contributed by atoms with Crippen LogP contribution in [0.2, 0.25) is 0 Å². The van der Waals surface area contributed by atoms with E-state index in [9.17, 15) is 10.1 Å². The van der Waals surface area contributed by atoms with Crippen molar-refractivity contribution in [2.24, 2.45) is 0 Å². The molecule has 3 aromatic carbocycles. The minimum atomic E-state index is -0.391. The molecular weight excluding hydrogens is 288 g/mol. The molecule has 0 aliphatic carbocycles. The van der Waals surface area contributed by atoms with Crippen LogP contribution < -0.4 is 0 Å². The van der Waals surface area contributed by atoms with Crippen molar-refractivity contribution in [1.82, 2.24) is 4.98 Å². The number of non-ortho nitro benzene ring substituents is 1. The van der Waals surface area contributed by atoms with E-state index in [1.54, 1.807) is 12.1 Å². The smallest absolute Gasteiger partial charge is 0.258 e. The molecule has 23 heavy (non-hydrogen) atoms. The first-order valence-corrected chi connectivity index (χ1v) is 7.26. The molecule has 4 nitrogen and oxygen atoms in total.